The maximum atomic E-state index is 2.28. The average Bonchev–Trinajstić information content (AvgIpc) is 2.22. The van der Waals surface area contributed by atoms with Crippen molar-refractivity contribution in [2.24, 2.45) is 5.92 Å². The highest BCUT2D eigenvalue weighted by atomic mass is 15.4. The molecule has 0 unspecified atom stereocenters. The standard InChI is InChI=1S/C7H11N2/c1-7-5-8-3-2-4-9(8)6-7/h2-4,7H,5-6H2,1H3/q+1. The van der Waals surface area contributed by atoms with Crippen LogP contribution in [-0.2, 0) is 13.1 Å². The van der Waals surface area contributed by atoms with Crippen LogP contribution in [0.2, 0.25) is 0 Å². The number of hydrogen-bond acceptors (Lipinski definition) is 0. The molecule has 2 heteroatoms. The summed E-state index contributed by atoms with van der Waals surface area (Å²) < 4.78 is 4.51. The molecule has 1 aromatic rings. The van der Waals surface area contributed by atoms with E-state index in [-0.39, 0.29) is 0 Å². The molecule has 0 radical (unpaired) electrons. The molecule has 1 aliphatic heterocycles. The summed E-state index contributed by atoms with van der Waals surface area (Å²) in [4.78, 5) is 0. The topological polar surface area (TPSA) is 8.81 Å². The van der Waals surface area contributed by atoms with Gasteiger partial charge in [0.1, 0.15) is 0 Å². The minimum Gasteiger partial charge on any atom is -0.160 e. The molecule has 1 aliphatic rings. The van der Waals surface area contributed by atoms with E-state index in [0.717, 1.165) is 5.92 Å². The Balaban J connectivity index is 2.39. The molecule has 0 saturated heterocycles. The fourth-order valence-corrected chi connectivity index (χ4v) is 1.44. The van der Waals surface area contributed by atoms with Gasteiger partial charge in [-0.1, -0.05) is 6.92 Å². The molecule has 0 bridgehead atoms. The molecule has 2 rings (SSSR count). The zero-order valence-electron chi connectivity index (χ0n) is 5.62. The summed E-state index contributed by atoms with van der Waals surface area (Å²) in [6.45, 7) is 4.65. The van der Waals surface area contributed by atoms with Crippen molar-refractivity contribution in [3.05, 3.63) is 18.5 Å². The highest BCUT2D eigenvalue weighted by molar-refractivity contribution is 4.73. The van der Waals surface area contributed by atoms with Crippen LogP contribution in [-0.4, -0.2) is 4.68 Å². The summed E-state index contributed by atoms with van der Waals surface area (Å²) >= 11 is 0. The maximum Gasteiger partial charge on any atom is 0.195 e. The lowest BCUT2D eigenvalue weighted by atomic mass is 10.2. The van der Waals surface area contributed by atoms with Gasteiger partial charge in [0, 0.05) is 12.0 Å². The third kappa shape index (κ3) is 0.661. The van der Waals surface area contributed by atoms with Gasteiger partial charge < -0.3 is 0 Å². The molecule has 2 heterocycles. The Morgan fingerprint density at radius 1 is 1.67 bits per heavy atom. The lowest BCUT2D eigenvalue weighted by molar-refractivity contribution is -0.759. The Kier molecular flexibility index (Phi) is 0.891. The second kappa shape index (κ2) is 1.59. The van der Waals surface area contributed by atoms with Crippen LogP contribution in [0.1, 0.15) is 6.92 Å². The number of rotatable bonds is 0. The van der Waals surface area contributed by atoms with Crippen LogP contribution < -0.4 is 4.68 Å². The number of aromatic nitrogens is 2. The van der Waals surface area contributed by atoms with Gasteiger partial charge in [0.15, 0.2) is 12.7 Å². The first kappa shape index (κ1) is 5.03. The Hall–Kier alpha value is -0.790. The van der Waals surface area contributed by atoms with E-state index in [0.29, 0.717) is 0 Å². The van der Waals surface area contributed by atoms with Gasteiger partial charge in [0.05, 0.1) is 12.7 Å². The quantitative estimate of drug-likeness (QED) is 0.442. The molecular weight excluding hydrogens is 112 g/mol. The van der Waals surface area contributed by atoms with Crippen molar-refractivity contribution in [3.8, 4) is 0 Å². The van der Waals surface area contributed by atoms with Gasteiger partial charge in [-0.25, -0.2) is 0 Å². The lowest BCUT2D eigenvalue weighted by Gasteiger charge is -1.86. The molecular formula is C7H11N2+. The molecule has 0 fully saturated rings. The molecule has 0 amide bonds. The van der Waals surface area contributed by atoms with Crippen LogP contribution in [0.3, 0.4) is 0 Å². The molecule has 48 valence electrons. The van der Waals surface area contributed by atoms with Crippen LogP contribution in [0.25, 0.3) is 0 Å². The molecule has 0 N–H and O–H groups in total. The Bertz CT molecular complexity index is 194. The Labute approximate surface area is 54.7 Å². The highest BCUT2D eigenvalue weighted by Crippen LogP contribution is 2.04. The summed E-state index contributed by atoms with van der Waals surface area (Å²) in [7, 11) is 0. The van der Waals surface area contributed by atoms with Crippen molar-refractivity contribution in [1.29, 1.82) is 0 Å². The first-order valence-electron chi connectivity index (χ1n) is 3.41. The third-order valence-electron chi connectivity index (χ3n) is 1.84. The fraction of sp³-hybridized carbons (Fsp3) is 0.571. The lowest BCUT2D eigenvalue weighted by Crippen LogP contribution is -2.35. The predicted molar refractivity (Wildman–Crippen MR) is 33.8 cm³/mol. The maximum absolute atomic E-state index is 2.28. The monoisotopic (exact) mass is 123 g/mol. The second-order valence-corrected chi connectivity index (χ2v) is 2.84. The summed E-state index contributed by atoms with van der Waals surface area (Å²) in [6, 6.07) is 2.09. The van der Waals surface area contributed by atoms with Gasteiger partial charge in [-0.15, -0.1) is 4.68 Å². The SMILES string of the molecule is CC1Cn2ccc[n+]2C1. The second-order valence-electron chi connectivity index (χ2n) is 2.84. The van der Waals surface area contributed by atoms with Crippen LogP contribution in [0.4, 0.5) is 0 Å². The number of nitrogens with zero attached hydrogens (tertiary/aromatic N) is 2. The largest absolute Gasteiger partial charge is 0.195 e. The number of hydrogen-bond donors (Lipinski definition) is 0. The van der Waals surface area contributed by atoms with Crippen molar-refractivity contribution in [2.75, 3.05) is 0 Å². The third-order valence-corrected chi connectivity index (χ3v) is 1.84. The summed E-state index contributed by atoms with van der Waals surface area (Å²) in [5.41, 5.74) is 0. The molecule has 1 aromatic heterocycles. The molecule has 9 heavy (non-hydrogen) atoms. The molecule has 0 spiro atoms. The van der Waals surface area contributed by atoms with E-state index in [4.69, 9.17) is 0 Å². The summed E-state index contributed by atoms with van der Waals surface area (Å²) in [6.07, 6.45) is 4.26. The van der Waals surface area contributed by atoms with Crippen LogP contribution in [0, 0.1) is 5.92 Å². The van der Waals surface area contributed by atoms with Gasteiger partial charge in [-0.2, -0.15) is 4.68 Å². The highest BCUT2D eigenvalue weighted by Gasteiger charge is 2.22. The summed E-state index contributed by atoms with van der Waals surface area (Å²) in [5.74, 6) is 0.825. The van der Waals surface area contributed by atoms with Gasteiger partial charge in [0.25, 0.3) is 0 Å². The van der Waals surface area contributed by atoms with Crippen molar-refractivity contribution in [1.82, 2.24) is 4.68 Å². The van der Waals surface area contributed by atoms with Crippen molar-refractivity contribution < 1.29 is 4.68 Å². The van der Waals surface area contributed by atoms with Gasteiger partial charge >= 0.3 is 0 Å². The zero-order valence-corrected chi connectivity index (χ0v) is 5.62. The minimum atomic E-state index is 0.825. The first-order chi connectivity index (χ1) is 4.36. The van der Waals surface area contributed by atoms with Crippen molar-refractivity contribution in [3.63, 3.8) is 0 Å². The fourth-order valence-electron chi connectivity index (χ4n) is 1.44. The molecule has 0 saturated carbocycles. The Morgan fingerprint density at radius 2 is 2.56 bits per heavy atom. The van der Waals surface area contributed by atoms with Crippen molar-refractivity contribution >= 4 is 0 Å². The van der Waals surface area contributed by atoms with E-state index < -0.39 is 0 Å². The van der Waals surface area contributed by atoms with Crippen molar-refractivity contribution in [2.45, 2.75) is 20.0 Å². The minimum absolute atomic E-state index is 0.825. The zero-order chi connectivity index (χ0) is 6.27. The van der Waals surface area contributed by atoms with Gasteiger partial charge in [-0.3, -0.25) is 0 Å². The van der Waals surface area contributed by atoms with Crippen LogP contribution >= 0.6 is 0 Å². The van der Waals surface area contributed by atoms with E-state index in [1.54, 1.807) is 0 Å². The molecule has 0 aromatic carbocycles. The van der Waals surface area contributed by atoms with E-state index in [1.807, 2.05) is 0 Å². The first-order valence-corrected chi connectivity index (χ1v) is 3.41. The van der Waals surface area contributed by atoms with E-state index in [1.165, 1.54) is 13.1 Å². The molecule has 2 nitrogen and oxygen atoms in total. The van der Waals surface area contributed by atoms with E-state index in [9.17, 15) is 0 Å². The Morgan fingerprint density at radius 3 is 3.33 bits per heavy atom. The normalized spacial score (nSPS) is 24.3. The predicted octanol–water partition coefficient (Wildman–Crippen LogP) is 0.425. The smallest absolute Gasteiger partial charge is 0.160 e. The van der Waals surface area contributed by atoms with E-state index >= 15 is 0 Å². The average molecular weight is 123 g/mol. The van der Waals surface area contributed by atoms with E-state index in [2.05, 4.69) is 34.7 Å². The van der Waals surface area contributed by atoms with Crippen LogP contribution in [0.5, 0.6) is 0 Å². The molecule has 0 aliphatic carbocycles. The number of fused-ring (bicyclic) bond motifs is 1. The molecule has 0 atom stereocenters. The van der Waals surface area contributed by atoms with Crippen LogP contribution in [0.15, 0.2) is 18.5 Å². The van der Waals surface area contributed by atoms with Gasteiger partial charge in [0.2, 0.25) is 0 Å². The van der Waals surface area contributed by atoms with Gasteiger partial charge in [-0.05, 0) is 0 Å². The summed E-state index contributed by atoms with van der Waals surface area (Å²) in [5, 5.41) is 0.